The van der Waals surface area contributed by atoms with Gasteiger partial charge in [-0.05, 0) is 44.4 Å². The summed E-state index contributed by atoms with van der Waals surface area (Å²) in [4.78, 5) is 11.6. The smallest absolute Gasteiger partial charge is 0.258 e. The molecule has 0 aliphatic carbocycles. The Morgan fingerprint density at radius 2 is 2.16 bits per heavy atom. The van der Waals surface area contributed by atoms with Gasteiger partial charge in [0.2, 0.25) is 0 Å². The molecule has 4 heteroatoms. The molecule has 1 aromatic carbocycles. The third kappa shape index (κ3) is 6.25. The Kier molecular flexibility index (Phi) is 6.36. The van der Waals surface area contributed by atoms with Crippen molar-refractivity contribution in [2.45, 2.75) is 45.8 Å². The highest BCUT2D eigenvalue weighted by Crippen LogP contribution is 2.13. The third-order valence-electron chi connectivity index (χ3n) is 2.78. The first-order chi connectivity index (χ1) is 9.01. The van der Waals surface area contributed by atoms with Gasteiger partial charge in [-0.2, -0.15) is 0 Å². The maximum absolute atomic E-state index is 11.6. The second-order valence-corrected chi connectivity index (χ2v) is 4.84. The van der Waals surface area contributed by atoms with Crippen molar-refractivity contribution in [2.75, 3.05) is 6.61 Å². The number of carbonyl (C=O) groups is 1. The lowest BCUT2D eigenvalue weighted by molar-refractivity contribution is -0.123. The van der Waals surface area contributed by atoms with Gasteiger partial charge in [0.25, 0.3) is 5.91 Å². The van der Waals surface area contributed by atoms with Crippen molar-refractivity contribution in [1.29, 1.82) is 0 Å². The highest BCUT2D eigenvalue weighted by Gasteiger charge is 2.10. The number of aryl methyl sites for hydroxylation is 1. The van der Waals surface area contributed by atoms with Gasteiger partial charge in [0.1, 0.15) is 5.75 Å². The Morgan fingerprint density at radius 1 is 1.42 bits per heavy atom. The average molecular weight is 265 g/mol. The summed E-state index contributed by atoms with van der Waals surface area (Å²) in [6, 6.07) is 7.66. The number of hydrogen-bond donors (Lipinski definition) is 2. The van der Waals surface area contributed by atoms with E-state index < -0.39 is 6.10 Å². The van der Waals surface area contributed by atoms with Crippen LogP contribution in [0.15, 0.2) is 24.3 Å². The fraction of sp³-hybridized carbons (Fsp3) is 0.533. The minimum Gasteiger partial charge on any atom is -0.484 e. The van der Waals surface area contributed by atoms with E-state index in [1.807, 2.05) is 31.2 Å². The number of ether oxygens (including phenoxy) is 1. The van der Waals surface area contributed by atoms with E-state index in [-0.39, 0.29) is 18.6 Å². The number of hydrogen-bond acceptors (Lipinski definition) is 3. The highest BCUT2D eigenvalue weighted by atomic mass is 16.5. The van der Waals surface area contributed by atoms with E-state index in [1.54, 1.807) is 6.92 Å². The third-order valence-corrected chi connectivity index (χ3v) is 2.78. The number of nitrogens with one attached hydrogen (secondary N) is 1. The van der Waals surface area contributed by atoms with Gasteiger partial charge in [-0.1, -0.05) is 19.1 Å². The summed E-state index contributed by atoms with van der Waals surface area (Å²) in [5.41, 5.74) is 1.18. The number of aliphatic hydroxyl groups excluding tert-OH is 1. The molecule has 2 unspecified atom stereocenters. The molecule has 0 radical (unpaired) electrons. The second-order valence-electron chi connectivity index (χ2n) is 4.84. The van der Waals surface area contributed by atoms with E-state index >= 15 is 0 Å². The molecule has 0 bridgehead atoms. The zero-order chi connectivity index (χ0) is 14.3. The minimum absolute atomic E-state index is 0.00266. The van der Waals surface area contributed by atoms with Crippen molar-refractivity contribution in [1.82, 2.24) is 5.32 Å². The fourth-order valence-electron chi connectivity index (χ4n) is 1.89. The van der Waals surface area contributed by atoms with Crippen LogP contribution in [0.1, 0.15) is 32.8 Å². The van der Waals surface area contributed by atoms with E-state index in [4.69, 9.17) is 4.74 Å². The molecule has 0 spiro atoms. The highest BCUT2D eigenvalue weighted by molar-refractivity contribution is 5.77. The van der Waals surface area contributed by atoms with Gasteiger partial charge in [0.15, 0.2) is 6.61 Å². The van der Waals surface area contributed by atoms with E-state index in [2.05, 4.69) is 12.2 Å². The van der Waals surface area contributed by atoms with Crippen LogP contribution in [0.2, 0.25) is 0 Å². The fourth-order valence-corrected chi connectivity index (χ4v) is 1.89. The molecule has 1 amide bonds. The summed E-state index contributed by atoms with van der Waals surface area (Å²) in [6.07, 6.45) is 1.06. The lowest BCUT2D eigenvalue weighted by Crippen LogP contribution is -2.37. The van der Waals surface area contributed by atoms with Gasteiger partial charge in [-0.3, -0.25) is 4.79 Å². The van der Waals surface area contributed by atoms with Gasteiger partial charge in [0.05, 0.1) is 6.10 Å². The van der Waals surface area contributed by atoms with Gasteiger partial charge in [-0.15, -0.1) is 0 Å². The van der Waals surface area contributed by atoms with Crippen LogP contribution in [0.3, 0.4) is 0 Å². The molecule has 0 fully saturated rings. The molecule has 2 atom stereocenters. The Morgan fingerprint density at radius 3 is 2.79 bits per heavy atom. The predicted molar refractivity (Wildman–Crippen MR) is 75.2 cm³/mol. The van der Waals surface area contributed by atoms with Crippen molar-refractivity contribution in [2.24, 2.45) is 0 Å². The summed E-state index contributed by atoms with van der Waals surface area (Å²) >= 11 is 0. The molecule has 1 aromatic rings. The quantitative estimate of drug-likeness (QED) is 0.791. The van der Waals surface area contributed by atoms with E-state index in [9.17, 15) is 9.90 Å². The molecule has 1 rings (SSSR count). The number of aliphatic hydroxyl groups is 1. The number of amides is 1. The van der Waals surface area contributed by atoms with Crippen molar-refractivity contribution in [3.63, 3.8) is 0 Å². The molecule has 0 aromatic heterocycles. The number of benzene rings is 1. The maximum atomic E-state index is 11.6. The molecular weight excluding hydrogens is 242 g/mol. The van der Waals surface area contributed by atoms with Gasteiger partial charge < -0.3 is 15.2 Å². The molecule has 106 valence electrons. The Hall–Kier alpha value is -1.55. The monoisotopic (exact) mass is 265 g/mol. The van der Waals surface area contributed by atoms with Crippen molar-refractivity contribution in [3.8, 4) is 5.75 Å². The zero-order valence-corrected chi connectivity index (χ0v) is 11.8. The van der Waals surface area contributed by atoms with E-state index in [0.717, 1.165) is 6.42 Å². The van der Waals surface area contributed by atoms with Crippen LogP contribution in [-0.4, -0.2) is 29.8 Å². The van der Waals surface area contributed by atoms with Crippen LogP contribution in [0.4, 0.5) is 0 Å². The Balaban J connectivity index is 2.37. The van der Waals surface area contributed by atoms with Crippen molar-refractivity contribution in [3.05, 3.63) is 29.8 Å². The van der Waals surface area contributed by atoms with Crippen LogP contribution in [0.25, 0.3) is 0 Å². The maximum Gasteiger partial charge on any atom is 0.258 e. The van der Waals surface area contributed by atoms with Crippen LogP contribution in [0, 0.1) is 0 Å². The van der Waals surface area contributed by atoms with Crippen LogP contribution >= 0.6 is 0 Å². The first-order valence-electron chi connectivity index (χ1n) is 6.70. The lowest BCUT2D eigenvalue weighted by Gasteiger charge is -2.15. The van der Waals surface area contributed by atoms with E-state index in [1.165, 1.54) is 5.56 Å². The van der Waals surface area contributed by atoms with Crippen LogP contribution in [-0.2, 0) is 11.2 Å². The molecule has 2 N–H and O–H groups in total. The standard InChI is InChI=1S/C15H23NO3/c1-4-13-6-5-7-14(9-13)19-10-15(18)16-11(2)8-12(3)17/h5-7,9,11-12,17H,4,8,10H2,1-3H3,(H,16,18). The molecule has 0 saturated heterocycles. The summed E-state index contributed by atoms with van der Waals surface area (Å²) < 4.78 is 5.44. The Labute approximate surface area is 114 Å². The first kappa shape index (κ1) is 15.5. The summed E-state index contributed by atoms with van der Waals surface area (Å²) in [6.45, 7) is 5.64. The van der Waals surface area contributed by atoms with E-state index in [0.29, 0.717) is 12.2 Å². The van der Waals surface area contributed by atoms with Crippen molar-refractivity contribution < 1.29 is 14.6 Å². The normalized spacial score (nSPS) is 13.7. The zero-order valence-electron chi connectivity index (χ0n) is 11.8. The minimum atomic E-state index is -0.419. The predicted octanol–water partition coefficient (Wildman–Crippen LogP) is 1.90. The summed E-state index contributed by atoms with van der Waals surface area (Å²) in [5, 5.41) is 12.0. The first-order valence-corrected chi connectivity index (χ1v) is 6.70. The van der Waals surface area contributed by atoms with Gasteiger partial charge >= 0.3 is 0 Å². The summed E-state index contributed by atoms with van der Waals surface area (Å²) in [7, 11) is 0. The summed E-state index contributed by atoms with van der Waals surface area (Å²) in [5.74, 6) is 0.535. The molecule has 0 aliphatic heterocycles. The number of carbonyl (C=O) groups excluding carboxylic acids is 1. The van der Waals surface area contributed by atoms with Gasteiger partial charge in [-0.25, -0.2) is 0 Å². The molecular formula is C15H23NO3. The van der Waals surface area contributed by atoms with Gasteiger partial charge in [0, 0.05) is 6.04 Å². The largest absolute Gasteiger partial charge is 0.484 e. The second kappa shape index (κ2) is 7.79. The van der Waals surface area contributed by atoms with Crippen LogP contribution < -0.4 is 10.1 Å². The molecule has 19 heavy (non-hydrogen) atoms. The van der Waals surface area contributed by atoms with Crippen molar-refractivity contribution >= 4 is 5.91 Å². The molecule has 0 saturated carbocycles. The topological polar surface area (TPSA) is 58.6 Å². The van der Waals surface area contributed by atoms with Crippen LogP contribution in [0.5, 0.6) is 5.75 Å². The molecule has 0 aliphatic rings. The molecule has 4 nitrogen and oxygen atoms in total. The lowest BCUT2D eigenvalue weighted by atomic mass is 10.1. The number of rotatable bonds is 7. The SMILES string of the molecule is CCc1cccc(OCC(=O)NC(C)CC(C)O)c1. The Bertz CT molecular complexity index is 404. The molecule has 0 heterocycles. The average Bonchev–Trinajstić information content (AvgIpc) is 2.35.